The van der Waals surface area contributed by atoms with Crippen molar-refractivity contribution in [3.63, 3.8) is 0 Å². The molecule has 0 amide bonds. The molecule has 0 spiro atoms. The first-order valence-corrected chi connectivity index (χ1v) is 49.6. The highest BCUT2D eigenvalue weighted by Crippen LogP contribution is 2.59. The summed E-state index contributed by atoms with van der Waals surface area (Å²) in [4.78, 5) is 5.08. The van der Waals surface area contributed by atoms with E-state index in [1.165, 1.54) is 211 Å². The predicted molar refractivity (Wildman–Crippen MR) is 590 cm³/mol. The smallest absolute Gasteiger partial charge is 0.0620 e. The van der Waals surface area contributed by atoms with E-state index in [0.29, 0.717) is 0 Å². The second kappa shape index (κ2) is 32.0. The van der Waals surface area contributed by atoms with Crippen LogP contribution in [0, 0.1) is 41.5 Å². The molecule has 19 aromatic rings. The van der Waals surface area contributed by atoms with Gasteiger partial charge in [-0.15, -0.1) is 0 Å². The van der Waals surface area contributed by atoms with Gasteiger partial charge in [0.25, 0.3) is 0 Å². The molecule has 0 aromatic heterocycles. The molecule has 0 N–H and O–H groups in total. The van der Waals surface area contributed by atoms with E-state index >= 15 is 0 Å². The Bertz CT molecular complexity index is 7720. The van der Waals surface area contributed by atoms with Crippen LogP contribution in [0.25, 0.3) is 155 Å². The van der Waals surface area contributed by atoms with Gasteiger partial charge in [-0.1, -0.05) is 375 Å². The van der Waals surface area contributed by atoms with Crippen LogP contribution in [0.3, 0.4) is 0 Å². The number of aryl methyl sites for hydroxylation is 6. The minimum Gasteiger partial charge on any atom is -0.309 e. The summed E-state index contributed by atoms with van der Waals surface area (Å²) < 4.78 is 0. The van der Waals surface area contributed by atoms with Crippen LogP contribution >= 0.6 is 0 Å². The molecular formula is C136H120N2. The first kappa shape index (κ1) is 87.4. The summed E-state index contributed by atoms with van der Waals surface area (Å²) in [7, 11) is 0. The fourth-order valence-electron chi connectivity index (χ4n) is 24.2. The van der Waals surface area contributed by atoms with Crippen molar-refractivity contribution in [3.05, 3.63) is 453 Å². The largest absolute Gasteiger partial charge is 0.309 e. The monoisotopic (exact) mass is 1780 g/mol. The van der Waals surface area contributed by atoms with Gasteiger partial charge in [0.05, 0.1) is 11.4 Å². The molecule has 0 fully saturated rings. The standard InChI is InChI=1S/C136H120N2/c1-81-29-53-103(54-30-81)138(104-55-31-82(2)32-56-104)130-117-79-101(131(7,8)9)51-67-115(117)129(116-68-52-102(80-118(116)130)132(10,11)12)137(105-57-41-89(42-58-105)87-33-37-91(38-34-87)127-83(3)69-99(70-84(127)4)97-49-65-113-111-63-47-95(75-123(111)135(17,18)125(113)77-97)93-45-61-109-107-25-21-23-27-119(107)133(13,14)121(109)73-93)106-59-43-90(44-60-106)88-35-39-92(40-36-88)128-85(5)71-100(72-86(128)6)98-50-66-114-112-64-48-96(76-124(112)136(19,20)126(114)78-98)94-46-62-110-108-26-22-24-28-120(108)134(15,16)122(110)74-94/h21-80H,1-20H3. The molecule has 4 aliphatic carbocycles. The Hall–Kier alpha value is -14.7. The summed E-state index contributed by atoms with van der Waals surface area (Å²) in [6.45, 7) is 46.8. The van der Waals surface area contributed by atoms with E-state index in [2.05, 4.69) is 512 Å². The van der Waals surface area contributed by atoms with Crippen LogP contribution in [0.15, 0.2) is 364 Å². The molecule has 2 heteroatoms. The van der Waals surface area contributed by atoms with Gasteiger partial charge in [-0.3, -0.25) is 0 Å². The topological polar surface area (TPSA) is 6.48 Å². The van der Waals surface area contributed by atoms with Crippen LogP contribution in [0.4, 0.5) is 34.1 Å². The maximum atomic E-state index is 2.55. The van der Waals surface area contributed by atoms with Crippen molar-refractivity contribution in [2.45, 2.75) is 171 Å². The van der Waals surface area contributed by atoms with E-state index in [0.717, 1.165) is 67.2 Å². The number of hydrogen-bond acceptors (Lipinski definition) is 2. The molecule has 2 nitrogen and oxygen atoms in total. The second-order valence-electron chi connectivity index (χ2n) is 44.4. The predicted octanol–water partition coefficient (Wildman–Crippen LogP) is 37.9. The molecule has 0 heterocycles. The summed E-state index contributed by atoms with van der Waals surface area (Å²) in [5.41, 5.74) is 57.5. The van der Waals surface area contributed by atoms with Gasteiger partial charge in [-0.25, -0.2) is 0 Å². The summed E-state index contributed by atoms with van der Waals surface area (Å²) in [6.07, 6.45) is 0. The molecule has 0 aliphatic heterocycles. The first-order chi connectivity index (χ1) is 66.1. The minimum absolute atomic E-state index is 0.0558. The summed E-state index contributed by atoms with van der Waals surface area (Å²) in [5.74, 6) is 0. The number of nitrogens with zero attached hydrogens (tertiary/aromatic N) is 2. The van der Waals surface area contributed by atoms with Gasteiger partial charge in [-0.2, -0.15) is 0 Å². The third-order valence-corrected chi connectivity index (χ3v) is 32.0. The number of rotatable bonds is 14. The molecule has 0 radical (unpaired) electrons. The number of hydrogen-bond donors (Lipinski definition) is 0. The lowest BCUT2D eigenvalue weighted by molar-refractivity contribution is 0.591. The summed E-state index contributed by atoms with van der Waals surface area (Å²) >= 11 is 0. The molecule has 0 bridgehead atoms. The van der Waals surface area contributed by atoms with E-state index < -0.39 is 0 Å². The van der Waals surface area contributed by atoms with Crippen LogP contribution in [0.5, 0.6) is 0 Å². The Morgan fingerprint density at radius 1 is 0.181 bits per heavy atom. The Morgan fingerprint density at radius 3 is 0.674 bits per heavy atom. The van der Waals surface area contributed by atoms with Crippen molar-refractivity contribution in [2.24, 2.45) is 0 Å². The maximum absolute atomic E-state index is 2.55. The van der Waals surface area contributed by atoms with Crippen LogP contribution in [0.1, 0.15) is 186 Å². The average molecular weight is 1780 g/mol. The van der Waals surface area contributed by atoms with Crippen molar-refractivity contribution in [1.82, 2.24) is 0 Å². The maximum Gasteiger partial charge on any atom is 0.0620 e. The Balaban J connectivity index is 0.569. The lowest BCUT2D eigenvalue weighted by atomic mass is 9.80. The van der Waals surface area contributed by atoms with Crippen LogP contribution in [-0.4, -0.2) is 0 Å². The van der Waals surface area contributed by atoms with Crippen molar-refractivity contribution < 1.29 is 0 Å². The Morgan fingerprint density at radius 2 is 0.399 bits per heavy atom. The van der Waals surface area contributed by atoms with E-state index in [9.17, 15) is 0 Å². The van der Waals surface area contributed by atoms with Gasteiger partial charge < -0.3 is 9.80 Å². The zero-order valence-corrected chi connectivity index (χ0v) is 83.5. The van der Waals surface area contributed by atoms with Crippen molar-refractivity contribution in [3.8, 4) is 134 Å². The number of fused-ring (bicyclic) bond motifs is 14. The minimum atomic E-state index is -0.184. The lowest BCUT2D eigenvalue weighted by Crippen LogP contribution is -2.17. The molecule has 138 heavy (non-hydrogen) atoms. The Labute approximate surface area is 817 Å². The van der Waals surface area contributed by atoms with Gasteiger partial charge in [0.2, 0.25) is 0 Å². The summed E-state index contributed by atoms with van der Waals surface area (Å²) in [6, 6.07) is 141. The SMILES string of the molecule is Cc1ccc(N(c2ccc(C)cc2)c2c3cc(C(C)(C)C)ccc3c(N(c3ccc(-c4ccc(-c5c(C)cc(-c6ccc7c(c6)C(C)(C)c6cc(-c8ccc9c(c8)C(C)(C)c8ccccc8-9)ccc6-7)cc5C)cc4)cc3)c3ccc(-c4ccc(-c5c(C)cc(-c6ccc7c(c6)C(C)(C)c6cc(-c8ccc9c(c8)C(C)(C)c8ccccc8-9)ccc6-7)cc5C)cc4)cc3)c3ccc(C(C)(C)C)cc23)cc1. The van der Waals surface area contributed by atoms with E-state index in [1.54, 1.807) is 0 Å². The fourth-order valence-corrected chi connectivity index (χ4v) is 24.2. The number of benzene rings is 19. The van der Waals surface area contributed by atoms with Gasteiger partial charge in [-0.05, 0) is 361 Å². The second-order valence-corrected chi connectivity index (χ2v) is 44.4. The lowest BCUT2D eigenvalue weighted by Gasteiger charge is -2.34. The van der Waals surface area contributed by atoms with Crippen LogP contribution in [0.2, 0.25) is 0 Å². The van der Waals surface area contributed by atoms with Crippen LogP contribution in [-0.2, 0) is 32.5 Å². The highest BCUT2D eigenvalue weighted by atomic mass is 15.2. The van der Waals surface area contributed by atoms with E-state index in [-0.39, 0.29) is 32.5 Å². The fraction of sp³-hybridized carbons (Fsp3) is 0.191. The third-order valence-electron chi connectivity index (χ3n) is 32.0. The molecular weight excluding hydrogens is 1660 g/mol. The highest BCUT2D eigenvalue weighted by Gasteiger charge is 2.42. The van der Waals surface area contributed by atoms with E-state index in [4.69, 9.17) is 0 Å². The van der Waals surface area contributed by atoms with Crippen molar-refractivity contribution >= 4 is 55.7 Å². The van der Waals surface area contributed by atoms with Crippen molar-refractivity contribution in [2.75, 3.05) is 9.80 Å². The Kier molecular flexibility index (Phi) is 20.2. The molecule has 674 valence electrons. The third kappa shape index (κ3) is 14.2. The molecule has 0 atom stereocenters. The summed E-state index contributed by atoms with van der Waals surface area (Å²) in [5, 5.41) is 4.69. The van der Waals surface area contributed by atoms with Gasteiger partial charge >= 0.3 is 0 Å². The highest BCUT2D eigenvalue weighted by molar-refractivity contribution is 6.24. The normalized spacial score (nSPS) is 14.2. The molecule has 4 aliphatic rings. The van der Waals surface area contributed by atoms with Crippen molar-refractivity contribution in [1.29, 1.82) is 0 Å². The molecule has 19 aromatic carbocycles. The van der Waals surface area contributed by atoms with Crippen LogP contribution < -0.4 is 9.80 Å². The van der Waals surface area contributed by atoms with Gasteiger partial charge in [0.15, 0.2) is 0 Å². The zero-order chi connectivity index (χ0) is 95.4. The number of anilines is 6. The van der Waals surface area contributed by atoms with Gasteiger partial charge in [0, 0.05) is 66.0 Å². The molecule has 0 saturated heterocycles. The quantitative estimate of drug-likeness (QED) is 0.0791. The first-order valence-electron chi connectivity index (χ1n) is 49.6. The van der Waals surface area contributed by atoms with E-state index in [1.807, 2.05) is 0 Å². The molecule has 23 rings (SSSR count). The average Bonchev–Trinajstić information content (AvgIpc) is 1.19. The molecule has 0 unspecified atom stereocenters. The zero-order valence-electron chi connectivity index (χ0n) is 83.5. The van der Waals surface area contributed by atoms with Gasteiger partial charge in [0.1, 0.15) is 0 Å². The molecule has 0 saturated carbocycles.